The van der Waals surface area contributed by atoms with Crippen LogP contribution in [0.5, 0.6) is 0 Å². The third kappa shape index (κ3) is 13.1. The van der Waals surface area contributed by atoms with E-state index in [9.17, 15) is 0 Å². The molecule has 0 saturated carbocycles. The van der Waals surface area contributed by atoms with Gasteiger partial charge in [-0.15, -0.1) is 0 Å². The maximum Gasteiger partial charge on any atom is -0.0000000000000851 e. The highest BCUT2D eigenvalue weighted by Crippen LogP contribution is 2.20. The van der Waals surface area contributed by atoms with Crippen LogP contribution in [-0.4, -0.2) is 319 Å². The van der Waals surface area contributed by atoms with Gasteiger partial charge in [0.2, 0.25) is 0 Å². The van der Waals surface area contributed by atoms with Gasteiger partial charge in [-0.25, -0.2) is 0 Å². The minimum absolute atomic E-state index is 0.539. The zero-order chi connectivity index (χ0) is 35.8. The van der Waals surface area contributed by atoms with Gasteiger partial charge in [-0.2, -0.15) is 7.06 Å². The molecule has 0 unspecified atom stereocenters. The van der Waals surface area contributed by atoms with E-state index in [1.807, 2.05) is 7.06 Å². The van der Waals surface area contributed by atoms with Gasteiger partial charge in [0.1, 0.15) is 0 Å². The fourth-order valence-electron chi connectivity index (χ4n) is 7.18. The summed E-state index contributed by atoms with van der Waals surface area (Å²) in [6.45, 7) is 0. The van der Waals surface area contributed by atoms with Crippen LogP contribution in [0.3, 0.4) is 0 Å². The van der Waals surface area contributed by atoms with E-state index in [0.29, 0.717) is 0 Å². The first-order valence-corrected chi connectivity index (χ1v) is 14.3. The van der Waals surface area contributed by atoms with Gasteiger partial charge in [-0.1, -0.05) is 7.74 Å². The summed E-state index contributed by atoms with van der Waals surface area (Å²) in [6.07, 6.45) is -23.0. The molecule has 0 saturated heterocycles. The average molecular weight is 490 g/mol. The Kier molecular flexibility index (Phi) is 23.5. The highest BCUT2D eigenvalue weighted by molar-refractivity contribution is 8.34. The van der Waals surface area contributed by atoms with Gasteiger partial charge in [0.25, 0.3) is 0 Å². The molecule has 0 aliphatic carbocycles. The fourth-order valence-corrected chi connectivity index (χ4v) is 7.18. The molecule has 139 valence electrons. The summed E-state index contributed by atoms with van der Waals surface area (Å²) in [6, 6.07) is 0. The quantitative estimate of drug-likeness (QED) is 0.141. The molecule has 0 rings (SSSR count). The Hall–Kier alpha value is 2.92. The molecule has 45 heteroatoms. The van der Waals surface area contributed by atoms with Crippen LogP contribution < -0.4 is 0 Å². The van der Waals surface area contributed by atoms with E-state index in [0.717, 1.165) is 0 Å². The smallest absolute Gasteiger partial charge is 0.0000000000000851 e. The van der Waals surface area contributed by atoms with Crippen molar-refractivity contribution in [2.75, 3.05) is 0 Å². The second kappa shape index (κ2) is 22.1. The number of hydrogen-bond acceptors (Lipinski definition) is 0. The van der Waals surface area contributed by atoms with Gasteiger partial charge in [0.15, 0.2) is 0 Å². The summed E-state index contributed by atoms with van der Waals surface area (Å²) in [4.78, 5) is 0. The van der Waals surface area contributed by atoms with Crippen molar-refractivity contribution in [1.29, 1.82) is 0 Å². The van der Waals surface area contributed by atoms with Crippen LogP contribution in [0, 0.1) is 0 Å². The molecule has 0 aromatic heterocycles. The highest BCUT2D eigenvalue weighted by Gasteiger charge is 2.58. The second-order valence-electron chi connectivity index (χ2n) is 12.1. The molecule has 45 radical (unpaired) electrons. The molecule has 0 fully saturated rings. The first kappa shape index (κ1) is 47.9. The topological polar surface area (TPSA) is 0 Å². The maximum absolute atomic E-state index is 6.44. The lowest BCUT2D eigenvalue weighted by Gasteiger charge is -2.56. The SMILES string of the molecule is [B]B([B])B([B][BH3-])B(B(B([B])[B])B([B])[B])B(B(B(B([B])[B])B([B])[B])B(B([B])[B])B([B])[B])B(B(B([B])[B])B([B])[B])B(B([B])[B])B([B])[B]. The van der Waals surface area contributed by atoms with Gasteiger partial charge in [-0.05, 0) is 304 Å². The summed E-state index contributed by atoms with van der Waals surface area (Å²) in [7, 11) is 142. The molecule has 0 heterocycles. The Morgan fingerprint density at radius 1 is 0.222 bits per heavy atom. The van der Waals surface area contributed by atoms with E-state index in [2.05, 4.69) is 0 Å². The van der Waals surface area contributed by atoms with Crippen LogP contribution in [0.1, 0.15) is 0 Å². The molecule has 0 nitrogen and oxygen atoms in total. The molecular formula is H3B45-. The lowest BCUT2D eigenvalue weighted by atomic mass is 8.26. The van der Waals surface area contributed by atoms with Crippen LogP contribution in [0.4, 0.5) is 0 Å². The first-order valence-electron chi connectivity index (χ1n) is 14.3. The van der Waals surface area contributed by atoms with Crippen molar-refractivity contribution in [1.82, 2.24) is 0 Å². The van der Waals surface area contributed by atoms with Gasteiger partial charge in [-0.3, -0.25) is 0 Å². The van der Waals surface area contributed by atoms with E-state index < -0.39 is 142 Å². The van der Waals surface area contributed by atoms with Crippen LogP contribution in [-0.2, 0) is 0 Å². The number of hydrogen-bond donors (Lipinski definition) is 0. The van der Waals surface area contributed by atoms with Crippen molar-refractivity contribution in [3.05, 3.63) is 0 Å². The van der Waals surface area contributed by atoms with E-state index in [4.69, 9.17) is 170 Å². The predicted molar refractivity (Wildman–Crippen MR) is 263 cm³/mol. The molecule has 0 aliphatic rings. The Morgan fingerprint density at radius 3 is 0.511 bits per heavy atom. The Bertz CT molecular complexity index is 622. The minimum atomic E-state index is -1.22. The van der Waals surface area contributed by atoms with E-state index in [1.54, 1.807) is 0 Å². The van der Waals surface area contributed by atoms with E-state index >= 15 is 0 Å². The van der Waals surface area contributed by atoms with Gasteiger partial charge < -0.3 is 0 Å². The summed E-state index contributed by atoms with van der Waals surface area (Å²) in [5, 5.41) is 0. The molecule has 0 bridgehead atoms. The average Bonchev–Trinajstić information content (AvgIpc) is 2.81. The molecule has 0 amide bonds. The van der Waals surface area contributed by atoms with Crippen LogP contribution in [0.15, 0.2) is 0 Å². The van der Waals surface area contributed by atoms with Gasteiger partial charge in [0.05, 0.1) is 0 Å². The Balaban J connectivity index is 8.98. The first-order chi connectivity index (χ1) is 20.5. The van der Waals surface area contributed by atoms with Gasteiger partial charge >= 0.3 is 0 Å². The van der Waals surface area contributed by atoms with Crippen molar-refractivity contribution < 1.29 is 0 Å². The van der Waals surface area contributed by atoms with Crippen molar-refractivity contribution in [2.24, 2.45) is 0 Å². The zero-order valence-corrected chi connectivity index (χ0v) is 25.4. The van der Waals surface area contributed by atoms with Crippen molar-refractivity contribution in [3.63, 3.8) is 0 Å². The second-order valence-corrected chi connectivity index (χ2v) is 12.1. The summed E-state index contributed by atoms with van der Waals surface area (Å²) in [5.74, 6) is 0. The largest absolute Gasteiger partial charge is 0.158 e. The molecule has 0 N–H and O–H groups in total. The van der Waals surface area contributed by atoms with Crippen LogP contribution >= 0.6 is 0 Å². The molecule has 0 aromatic rings. The van der Waals surface area contributed by atoms with Crippen LogP contribution in [0.2, 0.25) is 0 Å². The lowest BCUT2D eigenvalue weighted by molar-refractivity contribution is 3.20. The molecule has 0 atom stereocenters. The third-order valence-electron chi connectivity index (χ3n) is 8.89. The molecular weight excluding hydrogens is 487 g/mol. The van der Waals surface area contributed by atoms with Crippen LogP contribution in [0.25, 0.3) is 0 Å². The normalized spacial score (nSPS) is 9.62. The fraction of sp³-hybridized carbons (Fsp3) is 0. The maximum atomic E-state index is 6.44. The summed E-state index contributed by atoms with van der Waals surface area (Å²) >= 11 is 0. The van der Waals surface area contributed by atoms with Crippen molar-refractivity contribution in [2.45, 2.75) is 0 Å². The van der Waals surface area contributed by atoms with Crippen molar-refractivity contribution >= 4 is 319 Å². The van der Waals surface area contributed by atoms with Crippen molar-refractivity contribution in [3.8, 4) is 0 Å². The molecule has 45 heavy (non-hydrogen) atoms. The third-order valence-corrected chi connectivity index (χ3v) is 8.89. The monoisotopic (exact) mass is 498 g/mol. The molecule has 0 aliphatic heterocycles. The summed E-state index contributed by atoms with van der Waals surface area (Å²) in [5.41, 5.74) is 0. The molecule has 0 spiro atoms. The minimum Gasteiger partial charge on any atom is -0.158 e. The lowest BCUT2D eigenvalue weighted by Crippen LogP contribution is -2.94. The summed E-state index contributed by atoms with van der Waals surface area (Å²) < 4.78 is 0. The number of rotatable bonds is 21. The Morgan fingerprint density at radius 2 is 0.378 bits per heavy atom. The Labute approximate surface area is 316 Å². The van der Waals surface area contributed by atoms with Gasteiger partial charge in [0, 0.05) is 0 Å². The highest BCUT2D eigenvalue weighted by atomic mass is 13.4. The predicted octanol–water partition coefficient (Wildman–Crippen LogP) is -17.9. The van der Waals surface area contributed by atoms with E-state index in [-0.39, 0.29) is 0 Å². The standard InChI is InChI=1S/B45H3/c1-24-36(25(2)3)42(37(26(4)5)27(6)7)45(43(38(28(8)9)29(10)11)39(30(12)13)31(14)15)44(40(32(16)17)33(18)19)41(34(20)21)35(22)23/h1H3/q-1. The van der Waals surface area contributed by atoms with E-state index in [1.165, 1.54) is 0 Å². The zero-order valence-electron chi connectivity index (χ0n) is 25.4. The molecule has 0 aromatic carbocycles.